The largest absolute Gasteiger partial charge is 0.455 e. The van der Waals surface area contributed by atoms with Crippen LogP contribution in [-0.2, 0) is 14.3 Å². The van der Waals surface area contributed by atoms with Gasteiger partial charge in [0.2, 0.25) is 0 Å². The maximum absolute atomic E-state index is 12.7. The molecule has 1 heterocycles. The molecule has 7 nitrogen and oxygen atoms in total. The van der Waals surface area contributed by atoms with Crippen molar-refractivity contribution in [2.45, 2.75) is 45.4 Å². The van der Waals surface area contributed by atoms with Crippen LogP contribution < -0.4 is 10.6 Å². The molecule has 1 aromatic heterocycles. The van der Waals surface area contributed by atoms with E-state index in [1.807, 2.05) is 38.1 Å². The molecule has 3 rings (SSSR count). The summed E-state index contributed by atoms with van der Waals surface area (Å²) in [5, 5.41) is 5.71. The van der Waals surface area contributed by atoms with E-state index in [0.717, 1.165) is 40.9 Å². The van der Waals surface area contributed by atoms with Gasteiger partial charge in [-0.15, -0.1) is 11.3 Å². The van der Waals surface area contributed by atoms with Gasteiger partial charge in [-0.1, -0.05) is 38.8 Å². The molecule has 0 saturated heterocycles. The number of para-hydroxylation sites is 1. The second kappa shape index (κ2) is 9.82. The Balaban J connectivity index is 1.57. The quantitative estimate of drug-likeness (QED) is 0.700. The normalized spacial score (nSPS) is 19.1. The van der Waals surface area contributed by atoms with Crippen LogP contribution in [0.3, 0.4) is 0 Å². The Kier molecular flexibility index (Phi) is 7.19. The van der Waals surface area contributed by atoms with E-state index in [1.165, 1.54) is 0 Å². The number of nitrogens with one attached hydrogen (secondary N) is 2. The Bertz CT molecular complexity index is 847. The van der Waals surface area contributed by atoms with Gasteiger partial charge in [-0.2, -0.15) is 0 Å². The van der Waals surface area contributed by atoms with Crippen LogP contribution in [0.4, 0.5) is 4.79 Å². The number of urea groups is 1. The van der Waals surface area contributed by atoms with Gasteiger partial charge >= 0.3 is 12.0 Å². The third-order valence-corrected chi connectivity index (χ3v) is 6.13. The van der Waals surface area contributed by atoms with Crippen LogP contribution in [0.2, 0.25) is 0 Å². The van der Waals surface area contributed by atoms with Crippen LogP contribution in [0, 0.1) is 11.8 Å². The standard InChI is InChI=1S/C21H27N3O4S/c1-13(2)11-22-21(27)24-18(25)12-28-20(26)15-8-4-3-7-14(15)19-23-16-9-5-6-10-17(16)29-19/h5-6,9-10,13-15H,3-4,7-8,11-12H2,1-2H3,(H2,22,24,25,27)/t14-,15+/m1/s1. The van der Waals surface area contributed by atoms with Crippen LogP contribution >= 0.6 is 11.3 Å². The fraction of sp³-hybridized carbons (Fsp3) is 0.524. The van der Waals surface area contributed by atoms with Gasteiger partial charge in [0.1, 0.15) is 0 Å². The summed E-state index contributed by atoms with van der Waals surface area (Å²) in [6, 6.07) is 7.35. The van der Waals surface area contributed by atoms with Crippen molar-refractivity contribution in [3.8, 4) is 0 Å². The minimum atomic E-state index is -0.632. The lowest BCUT2D eigenvalue weighted by molar-refractivity contribution is -0.154. The third-order valence-electron chi connectivity index (χ3n) is 4.97. The zero-order valence-corrected chi connectivity index (χ0v) is 17.6. The maximum atomic E-state index is 12.7. The minimum Gasteiger partial charge on any atom is -0.455 e. The average molecular weight is 418 g/mol. The van der Waals surface area contributed by atoms with E-state index in [0.29, 0.717) is 6.54 Å². The number of fused-ring (bicyclic) bond motifs is 1. The van der Waals surface area contributed by atoms with Crippen molar-refractivity contribution >= 4 is 39.5 Å². The van der Waals surface area contributed by atoms with Gasteiger partial charge in [0.05, 0.1) is 21.1 Å². The Morgan fingerprint density at radius 1 is 1.21 bits per heavy atom. The first-order chi connectivity index (χ1) is 13.9. The van der Waals surface area contributed by atoms with Crippen molar-refractivity contribution in [2.75, 3.05) is 13.2 Å². The fourth-order valence-electron chi connectivity index (χ4n) is 3.50. The summed E-state index contributed by atoms with van der Waals surface area (Å²) in [7, 11) is 0. The van der Waals surface area contributed by atoms with E-state index in [4.69, 9.17) is 9.72 Å². The highest BCUT2D eigenvalue weighted by molar-refractivity contribution is 7.18. The lowest BCUT2D eigenvalue weighted by atomic mass is 9.79. The van der Waals surface area contributed by atoms with E-state index in [-0.39, 0.29) is 17.8 Å². The van der Waals surface area contributed by atoms with Gasteiger partial charge in [0, 0.05) is 12.5 Å². The van der Waals surface area contributed by atoms with E-state index >= 15 is 0 Å². The summed E-state index contributed by atoms with van der Waals surface area (Å²) in [6.07, 6.45) is 3.59. The Hall–Kier alpha value is -2.48. The number of ether oxygens (including phenoxy) is 1. The van der Waals surface area contributed by atoms with Gasteiger partial charge in [-0.25, -0.2) is 9.78 Å². The number of benzene rings is 1. The highest BCUT2D eigenvalue weighted by Gasteiger charge is 2.35. The molecule has 1 aliphatic rings. The van der Waals surface area contributed by atoms with Gasteiger partial charge in [-0.3, -0.25) is 14.9 Å². The molecule has 0 unspecified atom stereocenters. The van der Waals surface area contributed by atoms with Crippen molar-refractivity contribution in [3.05, 3.63) is 29.3 Å². The van der Waals surface area contributed by atoms with Crippen molar-refractivity contribution < 1.29 is 19.1 Å². The van der Waals surface area contributed by atoms with Gasteiger partial charge < -0.3 is 10.1 Å². The van der Waals surface area contributed by atoms with E-state index in [9.17, 15) is 14.4 Å². The molecule has 0 spiro atoms. The predicted octanol–water partition coefficient (Wildman–Crippen LogP) is 3.60. The third kappa shape index (κ3) is 5.76. The number of thiazole rings is 1. The Labute approximate surface area is 174 Å². The molecule has 29 heavy (non-hydrogen) atoms. The molecule has 2 aromatic rings. The summed E-state index contributed by atoms with van der Waals surface area (Å²) in [4.78, 5) is 40.9. The number of imide groups is 1. The second-order valence-corrected chi connectivity index (χ2v) is 8.84. The molecule has 156 valence electrons. The highest BCUT2D eigenvalue weighted by Crippen LogP contribution is 2.41. The number of rotatable bonds is 6. The number of carbonyl (C=O) groups excluding carboxylic acids is 3. The van der Waals surface area contributed by atoms with Crippen LogP contribution in [0.15, 0.2) is 24.3 Å². The number of esters is 1. The van der Waals surface area contributed by atoms with Crippen molar-refractivity contribution in [3.63, 3.8) is 0 Å². The zero-order valence-electron chi connectivity index (χ0n) is 16.8. The average Bonchev–Trinajstić information content (AvgIpc) is 3.14. The molecule has 0 aliphatic heterocycles. The molecule has 1 fully saturated rings. The summed E-state index contributed by atoms with van der Waals surface area (Å²) in [5.41, 5.74) is 0.942. The fourth-order valence-corrected chi connectivity index (χ4v) is 4.67. The summed E-state index contributed by atoms with van der Waals surface area (Å²) in [6.45, 7) is 3.91. The number of hydrogen-bond donors (Lipinski definition) is 2. The highest BCUT2D eigenvalue weighted by atomic mass is 32.1. The molecule has 1 saturated carbocycles. The first-order valence-corrected chi connectivity index (χ1v) is 10.9. The smallest absolute Gasteiger partial charge is 0.321 e. The van der Waals surface area contributed by atoms with Crippen LogP contribution in [0.1, 0.15) is 50.5 Å². The first kappa shape index (κ1) is 21.2. The zero-order chi connectivity index (χ0) is 20.8. The molecule has 2 atom stereocenters. The van der Waals surface area contributed by atoms with Crippen LogP contribution in [0.25, 0.3) is 10.2 Å². The SMILES string of the molecule is CC(C)CNC(=O)NC(=O)COC(=O)[C@H]1CCCC[C@H]1c1nc2ccccc2s1. The Morgan fingerprint density at radius 3 is 2.72 bits per heavy atom. The summed E-state index contributed by atoms with van der Waals surface area (Å²) >= 11 is 1.61. The molecule has 8 heteroatoms. The van der Waals surface area contributed by atoms with E-state index in [1.54, 1.807) is 11.3 Å². The maximum Gasteiger partial charge on any atom is 0.321 e. The van der Waals surface area contributed by atoms with Crippen molar-refractivity contribution in [1.82, 2.24) is 15.6 Å². The van der Waals surface area contributed by atoms with Crippen LogP contribution in [-0.4, -0.2) is 36.0 Å². The molecule has 0 radical (unpaired) electrons. The van der Waals surface area contributed by atoms with Gasteiger partial charge in [0.15, 0.2) is 6.61 Å². The lowest BCUT2D eigenvalue weighted by Crippen LogP contribution is -2.43. The topological polar surface area (TPSA) is 97.4 Å². The number of hydrogen-bond acceptors (Lipinski definition) is 6. The minimum absolute atomic E-state index is 0.00560. The Morgan fingerprint density at radius 2 is 1.97 bits per heavy atom. The van der Waals surface area contributed by atoms with E-state index in [2.05, 4.69) is 10.6 Å². The molecular weight excluding hydrogens is 390 g/mol. The molecule has 1 aliphatic carbocycles. The van der Waals surface area contributed by atoms with Gasteiger partial charge in [0.25, 0.3) is 5.91 Å². The predicted molar refractivity (Wildman–Crippen MR) is 112 cm³/mol. The molecule has 3 amide bonds. The molecule has 0 bridgehead atoms. The monoisotopic (exact) mass is 417 g/mol. The summed E-state index contributed by atoms with van der Waals surface area (Å²) < 4.78 is 6.35. The first-order valence-electron chi connectivity index (χ1n) is 10.0. The van der Waals surface area contributed by atoms with Gasteiger partial charge in [-0.05, 0) is 30.9 Å². The van der Waals surface area contributed by atoms with Crippen molar-refractivity contribution in [1.29, 1.82) is 0 Å². The van der Waals surface area contributed by atoms with E-state index < -0.39 is 24.5 Å². The molecule has 2 N–H and O–H groups in total. The second-order valence-electron chi connectivity index (χ2n) is 7.78. The lowest BCUT2D eigenvalue weighted by Gasteiger charge is -2.28. The number of carbonyl (C=O) groups is 3. The van der Waals surface area contributed by atoms with Crippen LogP contribution in [0.5, 0.6) is 0 Å². The van der Waals surface area contributed by atoms with Crippen molar-refractivity contribution in [2.24, 2.45) is 11.8 Å². The number of aromatic nitrogens is 1. The molecule has 1 aromatic carbocycles. The summed E-state index contributed by atoms with van der Waals surface area (Å²) in [5.74, 6) is -1.06. The molecular formula is C21H27N3O4S. The number of nitrogens with zero attached hydrogens (tertiary/aromatic N) is 1. The number of amides is 3.